The zero-order chi connectivity index (χ0) is 16.7. The predicted molar refractivity (Wildman–Crippen MR) is 89.8 cm³/mol. The number of carbonyl (C=O) groups excluding carboxylic acids is 2. The zero-order valence-corrected chi connectivity index (χ0v) is 13.3. The van der Waals surface area contributed by atoms with E-state index < -0.39 is 0 Å². The van der Waals surface area contributed by atoms with Gasteiger partial charge in [0.1, 0.15) is 5.75 Å². The molecule has 2 aromatic rings. The molecular formula is C18H20N2O3. The van der Waals surface area contributed by atoms with E-state index in [0.29, 0.717) is 23.6 Å². The standard InChI is InChI=1S/C18H20N2O3/c1-3-23-16-7-5-4-6-15(16)20-17(21)12-19-18(22)14-10-8-13(2)9-11-14/h4-11H,3,12H2,1-2H3,(H,19,22)(H,20,21). The smallest absolute Gasteiger partial charge is 0.251 e. The van der Waals surface area contributed by atoms with E-state index in [1.165, 1.54) is 0 Å². The van der Waals surface area contributed by atoms with Crippen molar-refractivity contribution in [1.82, 2.24) is 5.32 Å². The van der Waals surface area contributed by atoms with Crippen LogP contribution in [0.25, 0.3) is 0 Å². The van der Waals surface area contributed by atoms with Crippen LogP contribution in [0.2, 0.25) is 0 Å². The molecule has 120 valence electrons. The minimum Gasteiger partial charge on any atom is -0.492 e. The molecule has 2 N–H and O–H groups in total. The first-order valence-corrected chi connectivity index (χ1v) is 7.46. The molecule has 0 aliphatic heterocycles. The molecule has 0 atom stereocenters. The van der Waals surface area contributed by atoms with Crippen LogP contribution in [0.5, 0.6) is 5.75 Å². The molecule has 0 bridgehead atoms. The van der Waals surface area contributed by atoms with Gasteiger partial charge in [0.25, 0.3) is 5.91 Å². The van der Waals surface area contributed by atoms with Crippen molar-refractivity contribution >= 4 is 17.5 Å². The number of hydrogen-bond donors (Lipinski definition) is 2. The number of para-hydroxylation sites is 2. The summed E-state index contributed by atoms with van der Waals surface area (Å²) in [5.41, 5.74) is 2.19. The fourth-order valence-corrected chi connectivity index (χ4v) is 2.01. The summed E-state index contributed by atoms with van der Waals surface area (Å²) in [7, 11) is 0. The fraction of sp³-hybridized carbons (Fsp3) is 0.222. The zero-order valence-electron chi connectivity index (χ0n) is 13.3. The second kappa shape index (κ2) is 7.98. The predicted octanol–water partition coefficient (Wildman–Crippen LogP) is 2.76. The molecule has 0 spiro atoms. The molecule has 0 radical (unpaired) electrons. The maximum absolute atomic E-state index is 12.0. The van der Waals surface area contributed by atoms with Crippen LogP contribution in [-0.4, -0.2) is 25.0 Å². The van der Waals surface area contributed by atoms with Gasteiger partial charge in [0.05, 0.1) is 18.8 Å². The van der Waals surface area contributed by atoms with E-state index in [1.807, 2.05) is 38.1 Å². The second-order valence-electron chi connectivity index (χ2n) is 5.03. The summed E-state index contributed by atoms with van der Waals surface area (Å²) < 4.78 is 5.44. The van der Waals surface area contributed by atoms with Gasteiger partial charge in [0, 0.05) is 5.56 Å². The number of ether oxygens (including phenoxy) is 1. The van der Waals surface area contributed by atoms with E-state index >= 15 is 0 Å². The Morgan fingerprint density at radius 2 is 1.74 bits per heavy atom. The number of rotatable bonds is 6. The molecule has 0 aliphatic rings. The number of nitrogens with one attached hydrogen (secondary N) is 2. The van der Waals surface area contributed by atoms with Crippen molar-refractivity contribution in [2.45, 2.75) is 13.8 Å². The molecule has 2 amide bonds. The van der Waals surface area contributed by atoms with E-state index in [2.05, 4.69) is 10.6 Å². The van der Waals surface area contributed by atoms with Crippen LogP contribution in [0.3, 0.4) is 0 Å². The lowest BCUT2D eigenvalue weighted by Crippen LogP contribution is -2.32. The highest BCUT2D eigenvalue weighted by Crippen LogP contribution is 2.23. The van der Waals surface area contributed by atoms with Gasteiger partial charge in [-0.25, -0.2) is 0 Å². The second-order valence-corrected chi connectivity index (χ2v) is 5.03. The van der Waals surface area contributed by atoms with Gasteiger partial charge in [-0.05, 0) is 38.1 Å². The molecule has 5 heteroatoms. The summed E-state index contributed by atoms with van der Waals surface area (Å²) >= 11 is 0. The molecule has 0 saturated carbocycles. The summed E-state index contributed by atoms with van der Waals surface area (Å²) in [4.78, 5) is 23.9. The van der Waals surface area contributed by atoms with Crippen LogP contribution in [0.15, 0.2) is 48.5 Å². The van der Waals surface area contributed by atoms with Crippen LogP contribution in [-0.2, 0) is 4.79 Å². The lowest BCUT2D eigenvalue weighted by atomic mass is 10.1. The topological polar surface area (TPSA) is 67.4 Å². The Hall–Kier alpha value is -2.82. The molecule has 0 aliphatic carbocycles. The van der Waals surface area contributed by atoms with Crippen LogP contribution >= 0.6 is 0 Å². The largest absolute Gasteiger partial charge is 0.492 e. The van der Waals surface area contributed by atoms with Crippen molar-refractivity contribution in [2.24, 2.45) is 0 Å². The summed E-state index contributed by atoms with van der Waals surface area (Å²) in [6.45, 7) is 4.23. The summed E-state index contributed by atoms with van der Waals surface area (Å²) in [5.74, 6) is 0.0177. The SMILES string of the molecule is CCOc1ccccc1NC(=O)CNC(=O)c1ccc(C)cc1. The van der Waals surface area contributed by atoms with E-state index in [4.69, 9.17) is 4.74 Å². The average molecular weight is 312 g/mol. The summed E-state index contributed by atoms with van der Waals surface area (Å²) in [6.07, 6.45) is 0. The highest BCUT2D eigenvalue weighted by atomic mass is 16.5. The first kappa shape index (κ1) is 16.5. The van der Waals surface area contributed by atoms with Crippen LogP contribution in [0, 0.1) is 6.92 Å². The Morgan fingerprint density at radius 3 is 2.43 bits per heavy atom. The molecule has 5 nitrogen and oxygen atoms in total. The minimum absolute atomic E-state index is 0.104. The highest BCUT2D eigenvalue weighted by Gasteiger charge is 2.10. The number of amides is 2. The monoisotopic (exact) mass is 312 g/mol. The molecule has 0 fully saturated rings. The van der Waals surface area contributed by atoms with Gasteiger partial charge in [-0.1, -0.05) is 29.8 Å². The minimum atomic E-state index is -0.308. The van der Waals surface area contributed by atoms with Gasteiger partial charge in [0.15, 0.2) is 0 Å². The summed E-state index contributed by atoms with van der Waals surface area (Å²) in [6, 6.07) is 14.3. The number of hydrogen-bond acceptors (Lipinski definition) is 3. The Balaban J connectivity index is 1.90. The molecule has 0 saturated heterocycles. The van der Waals surface area contributed by atoms with Crippen molar-refractivity contribution in [2.75, 3.05) is 18.5 Å². The normalized spacial score (nSPS) is 10.0. The van der Waals surface area contributed by atoms with Crippen molar-refractivity contribution in [3.05, 3.63) is 59.7 Å². The third-order valence-corrected chi connectivity index (χ3v) is 3.18. The van der Waals surface area contributed by atoms with Gasteiger partial charge < -0.3 is 15.4 Å². The average Bonchev–Trinajstić information content (AvgIpc) is 2.55. The van der Waals surface area contributed by atoms with Gasteiger partial charge >= 0.3 is 0 Å². The van der Waals surface area contributed by atoms with Gasteiger partial charge in [0.2, 0.25) is 5.91 Å². The van der Waals surface area contributed by atoms with Gasteiger partial charge in [-0.2, -0.15) is 0 Å². The first-order valence-electron chi connectivity index (χ1n) is 7.46. The molecular weight excluding hydrogens is 292 g/mol. The van der Waals surface area contributed by atoms with Crippen molar-refractivity contribution in [3.8, 4) is 5.75 Å². The number of carbonyl (C=O) groups is 2. The Labute approximate surface area is 135 Å². The van der Waals surface area contributed by atoms with E-state index in [0.717, 1.165) is 5.56 Å². The van der Waals surface area contributed by atoms with Crippen LogP contribution in [0.1, 0.15) is 22.8 Å². The quantitative estimate of drug-likeness (QED) is 0.862. The molecule has 0 aromatic heterocycles. The van der Waals surface area contributed by atoms with E-state index in [-0.39, 0.29) is 18.4 Å². The fourth-order valence-electron chi connectivity index (χ4n) is 2.01. The van der Waals surface area contributed by atoms with Crippen LogP contribution < -0.4 is 15.4 Å². The number of aryl methyl sites for hydroxylation is 1. The van der Waals surface area contributed by atoms with Gasteiger partial charge in [-0.3, -0.25) is 9.59 Å². The van der Waals surface area contributed by atoms with E-state index in [9.17, 15) is 9.59 Å². The summed E-state index contributed by atoms with van der Waals surface area (Å²) in [5, 5.41) is 5.33. The third-order valence-electron chi connectivity index (χ3n) is 3.18. The van der Waals surface area contributed by atoms with E-state index in [1.54, 1.807) is 24.3 Å². The Bertz CT molecular complexity index is 681. The molecule has 0 heterocycles. The molecule has 23 heavy (non-hydrogen) atoms. The Morgan fingerprint density at radius 1 is 1.04 bits per heavy atom. The third kappa shape index (κ3) is 4.85. The molecule has 2 rings (SSSR count). The number of benzene rings is 2. The van der Waals surface area contributed by atoms with Crippen LogP contribution in [0.4, 0.5) is 5.69 Å². The highest BCUT2D eigenvalue weighted by molar-refractivity contribution is 5.99. The lowest BCUT2D eigenvalue weighted by molar-refractivity contribution is -0.115. The first-order chi connectivity index (χ1) is 11.1. The van der Waals surface area contributed by atoms with Crippen molar-refractivity contribution in [1.29, 1.82) is 0 Å². The number of anilines is 1. The maximum atomic E-state index is 12.0. The molecule has 2 aromatic carbocycles. The van der Waals surface area contributed by atoms with Crippen molar-refractivity contribution < 1.29 is 14.3 Å². The van der Waals surface area contributed by atoms with Gasteiger partial charge in [-0.15, -0.1) is 0 Å². The van der Waals surface area contributed by atoms with Crippen molar-refractivity contribution in [3.63, 3.8) is 0 Å². The lowest BCUT2D eigenvalue weighted by Gasteiger charge is -2.11. The maximum Gasteiger partial charge on any atom is 0.251 e. The Kier molecular flexibility index (Phi) is 5.74. The molecule has 0 unspecified atom stereocenters.